The minimum atomic E-state index is -4.06. The molecule has 0 atom stereocenters. The van der Waals surface area contributed by atoms with Crippen molar-refractivity contribution in [2.75, 3.05) is 19.0 Å². The van der Waals surface area contributed by atoms with Crippen LogP contribution in [0.3, 0.4) is 0 Å². The highest BCUT2D eigenvalue weighted by Crippen LogP contribution is 2.39. The quantitative estimate of drug-likeness (QED) is 0.347. The molecule has 0 aliphatic heterocycles. The number of phenolic OH excluding ortho intramolecular Hbond substituents is 1. The number of benzene rings is 2. The van der Waals surface area contributed by atoms with Gasteiger partial charge < -0.3 is 10.8 Å². The van der Waals surface area contributed by atoms with Crippen molar-refractivity contribution in [3.8, 4) is 11.9 Å². The second-order valence-electron chi connectivity index (χ2n) is 5.72. The molecule has 0 saturated carbocycles. The van der Waals surface area contributed by atoms with Gasteiger partial charge in [-0.3, -0.25) is 0 Å². The number of hydrogen-bond donors (Lipinski definition) is 2. The molecule has 0 aliphatic carbocycles. The van der Waals surface area contributed by atoms with E-state index in [2.05, 4.69) is 4.99 Å². The summed E-state index contributed by atoms with van der Waals surface area (Å²) >= 11 is 5.98. The van der Waals surface area contributed by atoms with Gasteiger partial charge in [-0.15, -0.1) is 0 Å². The minimum Gasteiger partial charge on any atom is -0.504 e. The van der Waals surface area contributed by atoms with Crippen LogP contribution in [0, 0.1) is 18.4 Å². The Balaban J connectivity index is 2.63. The molecule has 0 aliphatic rings. The normalized spacial score (nSPS) is 12.1. The Morgan fingerprint density at radius 3 is 2.44 bits per heavy atom. The third-order valence-electron chi connectivity index (χ3n) is 3.72. The van der Waals surface area contributed by atoms with E-state index in [4.69, 9.17) is 17.3 Å². The van der Waals surface area contributed by atoms with Crippen molar-refractivity contribution < 1.29 is 13.5 Å². The number of sulfonamides is 1. The van der Waals surface area contributed by atoms with Crippen LogP contribution in [-0.4, -0.2) is 37.9 Å². The van der Waals surface area contributed by atoms with E-state index < -0.39 is 20.7 Å². The molecule has 2 rings (SSSR count). The van der Waals surface area contributed by atoms with Gasteiger partial charge >= 0.3 is 0 Å². The molecule has 2 aromatic carbocycles. The molecule has 0 saturated heterocycles. The van der Waals surface area contributed by atoms with Crippen LogP contribution in [0.25, 0.3) is 0 Å². The zero-order valence-corrected chi connectivity index (χ0v) is 16.5. The number of phenols is 1. The summed E-state index contributed by atoms with van der Waals surface area (Å²) in [5.74, 6) is -0.932. The maximum Gasteiger partial charge on any atom is 0.247 e. The molecule has 0 amide bonds. The number of anilines is 1. The number of aliphatic imine (C=N–C) groups is 1. The molecule has 3 N–H and O–H groups in total. The van der Waals surface area contributed by atoms with E-state index >= 15 is 0 Å². The number of nitrogens with two attached hydrogens (primary N) is 1. The van der Waals surface area contributed by atoms with E-state index in [1.807, 2.05) is 19.1 Å². The summed E-state index contributed by atoms with van der Waals surface area (Å²) in [6.45, 7) is 1.82. The Hall–Kier alpha value is -2.80. The molecule has 0 aromatic heterocycles. The number of rotatable bonds is 4. The van der Waals surface area contributed by atoms with Gasteiger partial charge in [0.1, 0.15) is 10.6 Å². The smallest absolute Gasteiger partial charge is 0.247 e. The highest BCUT2D eigenvalue weighted by Gasteiger charge is 2.29. The van der Waals surface area contributed by atoms with E-state index in [1.165, 1.54) is 26.2 Å². The SMILES string of the molecule is Cc1ccccc1N=C(N)N(C#N)c1ccc(Cl)c(S(=O)(=O)N(C)C)c1O. The van der Waals surface area contributed by atoms with E-state index in [0.717, 1.165) is 14.8 Å². The van der Waals surface area contributed by atoms with Crippen molar-refractivity contribution in [3.63, 3.8) is 0 Å². The number of aromatic hydroxyl groups is 1. The van der Waals surface area contributed by atoms with E-state index in [9.17, 15) is 18.8 Å². The first-order chi connectivity index (χ1) is 12.6. The lowest BCUT2D eigenvalue weighted by molar-refractivity contribution is 0.454. The van der Waals surface area contributed by atoms with Crippen molar-refractivity contribution in [3.05, 3.63) is 47.0 Å². The summed E-state index contributed by atoms with van der Waals surface area (Å²) in [7, 11) is -1.46. The number of nitrogens with zero attached hydrogens (tertiary/aromatic N) is 4. The van der Waals surface area contributed by atoms with Crippen molar-refractivity contribution in [1.29, 1.82) is 5.26 Å². The Morgan fingerprint density at radius 1 is 1.26 bits per heavy atom. The first-order valence-corrected chi connectivity index (χ1v) is 9.46. The first-order valence-electron chi connectivity index (χ1n) is 7.65. The predicted octanol–water partition coefficient (Wildman–Crippen LogP) is 2.54. The van der Waals surface area contributed by atoms with Crippen LogP contribution < -0.4 is 10.6 Å². The van der Waals surface area contributed by atoms with Gasteiger partial charge in [-0.25, -0.2) is 22.6 Å². The van der Waals surface area contributed by atoms with Crippen LogP contribution in [0.15, 0.2) is 46.3 Å². The predicted molar refractivity (Wildman–Crippen MR) is 105 cm³/mol. The fourth-order valence-corrected chi connectivity index (χ4v) is 3.71. The summed E-state index contributed by atoms with van der Waals surface area (Å²) in [6.07, 6.45) is 1.79. The van der Waals surface area contributed by atoms with Crippen LogP contribution in [0.2, 0.25) is 5.02 Å². The zero-order valence-electron chi connectivity index (χ0n) is 14.9. The monoisotopic (exact) mass is 407 g/mol. The molecule has 10 heteroatoms. The Kier molecular flexibility index (Phi) is 5.95. The number of hydrogen-bond acceptors (Lipinski definition) is 5. The van der Waals surface area contributed by atoms with E-state index in [-0.39, 0.29) is 16.7 Å². The van der Waals surface area contributed by atoms with Crippen molar-refractivity contribution >= 4 is 39.0 Å². The van der Waals surface area contributed by atoms with Crippen molar-refractivity contribution in [1.82, 2.24) is 4.31 Å². The number of aryl methyl sites for hydroxylation is 1. The van der Waals surface area contributed by atoms with Gasteiger partial charge in [-0.2, -0.15) is 5.26 Å². The molecule has 0 heterocycles. The molecular formula is C17H18ClN5O3S. The average molecular weight is 408 g/mol. The third-order valence-corrected chi connectivity index (χ3v) is 6.04. The molecule has 0 fully saturated rings. The van der Waals surface area contributed by atoms with Gasteiger partial charge in [0.05, 0.1) is 10.7 Å². The molecular weight excluding hydrogens is 390 g/mol. The fraction of sp³-hybridized carbons (Fsp3) is 0.176. The summed E-state index contributed by atoms with van der Waals surface area (Å²) in [5.41, 5.74) is 7.14. The van der Waals surface area contributed by atoms with Crippen LogP contribution in [-0.2, 0) is 10.0 Å². The van der Waals surface area contributed by atoms with Crippen molar-refractivity contribution in [2.24, 2.45) is 10.7 Å². The summed E-state index contributed by atoms with van der Waals surface area (Å²) in [5, 5.41) is 19.9. The largest absolute Gasteiger partial charge is 0.504 e. The van der Waals surface area contributed by atoms with Crippen LogP contribution in [0.5, 0.6) is 5.75 Å². The summed E-state index contributed by atoms with van der Waals surface area (Å²) in [4.78, 5) is 4.50. The molecule has 0 bridgehead atoms. The molecule has 0 unspecified atom stereocenters. The van der Waals surface area contributed by atoms with Gasteiger partial charge in [-0.1, -0.05) is 29.8 Å². The van der Waals surface area contributed by atoms with Crippen LogP contribution in [0.1, 0.15) is 5.56 Å². The Morgan fingerprint density at radius 2 is 1.89 bits per heavy atom. The van der Waals surface area contributed by atoms with Crippen molar-refractivity contribution in [2.45, 2.75) is 11.8 Å². The van der Waals surface area contributed by atoms with Crippen LogP contribution >= 0.6 is 11.6 Å². The molecule has 0 radical (unpaired) electrons. The standard InChI is InChI=1S/C17H18ClN5O3S/c1-11-6-4-5-7-13(11)21-17(20)23(10-19)14-9-8-12(18)16(15(14)24)27(25,26)22(2)3/h4-9,24H,1-3H3,(H2,20,21). The maximum absolute atomic E-state index is 12.5. The second kappa shape index (κ2) is 7.84. The number of halogens is 1. The first kappa shape index (κ1) is 20.5. The van der Waals surface area contributed by atoms with E-state index in [1.54, 1.807) is 18.3 Å². The van der Waals surface area contributed by atoms with Gasteiger partial charge in [-0.05, 0) is 30.7 Å². The number of nitriles is 1. The average Bonchev–Trinajstić information content (AvgIpc) is 2.59. The zero-order chi connectivity index (χ0) is 20.4. The highest BCUT2D eigenvalue weighted by molar-refractivity contribution is 7.89. The molecule has 27 heavy (non-hydrogen) atoms. The lowest BCUT2D eigenvalue weighted by Gasteiger charge is -2.20. The van der Waals surface area contributed by atoms with E-state index in [0.29, 0.717) is 5.69 Å². The highest BCUT2D eigenvalue weighted by atomic mass is 35.5. The van der Waals surface area contributed by atoms with Gasteiger partial charge in [0, 0.05) is 14.1 Å². The maximum atomic E-state index is 12.5. The van der Waals surface area contributed by atoms with Gasteiger partial charge in [0.15, 0.2) is 11.9 Å². The van der Waals surface area contributed by atoms with Gasteiger partial charge in [0.2, 0.25) is 16.0 Å². The third kappa shape index (κ3) is 3.98. The topological polar surface area (TPSA) is 123 Å². The van der Waals surface area contributed by atoms with Gasteiger partial charge in [0.25, 0.3) is 0 Å². The van der Waals surface area contributed by atoms with Crippen LogP contribution in [0.4, 0.5) is 11.4 Å². The summed E-state index contributed by atoms with van der Waals surface area (Å²) < 4.78 is 25.8. The Labute approximate surface area is 162 Å². The number of para-hydroxylation sites is 1. The minimum absolute atomic E-state index is 0.155. The second-order valence-corrected chi connectivity index (χ2v) is 8.22. The number of guanidine groups is 1. The fourth-order valence-electron chi connectivity index (χ4n) is 2.24. The molecule has 8 nitrogen and oxygen atoms in total. The molecule has 142 valence electrons. The Bertz CT molecular complexity index is 1050. The lowest BCUT2D eigenvalue weighted by atomic mass is 10.2. The molecule has 2 aromatic rings. The lowest BCUT2D eigenvalue weighted by Crippen LogP contribution is -2.33. The molecule has 0 spiro atoms. The summed E-state index contributed by atoms with van der Waals surface area (Å²) in [6, 6.07) is 9.67.